The Kier molecular flexibility index (Phi) is 14.4. The topological polar surface area (TPSA) is 191 Å². The van der Waals surface area contributed by atoms with Crippen molar-refractivity contribution < 1.29 is 53.2 Å². The molecule has 54 heavy (non-hydrogen) atoms. The molecule has 0 saturated carbocycles. The highest BCUT2D eigenvalue weighted by molar-refractivity contribution is 5.36. The molecule has 4 fully saturated rings. The van der Waals surface area contributed by atoms with Crippen molar-refractivity contribution in [2.75, 3.05) is 26.4 Å². The third-order valence-corrected chi connectivity index (χ3v) is 8.95. The van der Waals surface area contributed by atoms with E-state index in [2.05, 4.69) is 0 Å². The number of benzene rings is 4. The van der Waals surface area contributed by atoms with Crippen molar-refractivity contribution in [2.24, 2.45) is 0 Å². The van der Waals surface area contributed by atoms with Gasteiger partial charge in [0, 0.05) is 24.3 Å². The Labute approximate surface area is 312 Å². The van der Waals surface area contributed by atoms with Gasteiger partial charge in [0.25, 0.3) is 11.4 Å². The molecule has 0 radical (unpaired) electrons. The van der Waals surface area contributed by atoms with Gasteiger partial charge in [0.2, 0.25) is 0 Å². The van der Waals surface area contributed by atoms with Crippen LogP contribution >= 0.6 is 0 Å². The fraction of sp³-hybridized carbons (Fsp3) is 0.385. The van der Waals surface area contributed by atoms with Crippen LogP contribution in [0.2, 0.25) is 0 Å². The predicted octanol–water partition coefficient (Wildman–Crippen LogP) is 5.39. The Morgan fingerprint density at radius 1 is 0.574 bits per heavy atom. The fourth-order valence-corrected chi connectivity index (χ4v) is 6.21. The number of nitro benzene ring substituents is 2. The first-order valence-corrected chi connectivity index (χ1v) is 17.0. The van der Waals surface area contributed by atoms with Gasteiger partial charge in [0.1, 0.15) is 54.2 Å². The van der Waals surface area contributed by atoms with Gasteiger partial charge in [-0.3, -0.25) is 20.2 Å². The number of hydrogen-bond acceptors (Lipinski definition) is 13. The van der Waals surface area contributed by atoms with Crippen LogP contribution in [0.1, 0.15) is 18.6 Å². The summed E-state index contributed by atoms with van der Waals surface area (Å²) < 4.78 is 40.3. The van der Waals surface area contributed by atoms with E-state index < -0.39 is 16.0 Å². The van der Waals surface area contributed by atoms with Crippen LogP contribution in [0.4, 0.5) is 11.4 Å². The van der Waals surface area contributed by atoms with Gasteiger partial charge in [-0.2, -0.15) is 0 Å². The van der Waals surface area contributed by atoms with Gasteiger partial charge in [-0.25, -0.2) is 0 Å². The molecule has 0 spiro atoms. The van der Waals surface area contributed by atoms with Crippen LogP contribution in [0.15, 0.2) is 109 Å². The molecule has 0 aliphatic carbocycles. The van der Waals surface area contributed by atoms with Crippen molar-refractivity contribution in [3.8, 4) is 11.5 Å². The highest BCUT2D eigenvalue weighted by Crippen LogP contribution is 2.32. The summed E-state index contributed by atoms with van der Waals surface area (Å²) in [7, 11) is 0. The van der Waals surface area contributed by atoms with Crippen LogP contribution in [0.25, 0.3) is 0 Å². The lowest BCUT2D eigenvalue weighted by Crippen LogP contribution is -2.35. The lowest BCUT2D eigenvalue weighted by atomic mass is 10.1. The molecule has 4 heterocycles. The molecule has 4 aromatic carbocycles. The molecule has 288 valence electrons. The van der Waals surface area contributed by atoms with E-state index in [1.807, 2.05) is 60.7 Å². The number of fused-ring (bicyclic) bond motifs is 2. The van der Waals surface area contributed by atoms with Crippen molar-refractivity contribution in [3.05, 3.63) is 141 Å². The van der Waals surface area contributed by atoms with Crippen LogP contribution in [-0.2, 0) is 41.6 Å². The van der Waals surface area contributed by atoms with Crippen molar-refractivity contribution in [1.82, 2.24) is 0 Å². The van der Waals surface area contributed by atoms with Gasteiger partial charge < -0.3 is 43.4 Å². The zero-order valence-electron chi connectivity index (χ0n) is 28.5. The SMILES string of the molecule is C.O=[N+]([O-])c1ccc(O)cc1.O=[N+]([O-])c1ccc(OC2CO[C@@H]3[C@@H](OCc4ccccc4)CO[C@H]23)cc1.OC1CO[C@@H]2[C@@H](OCc3ccccc3)CO[C@H]12. The van der Waals surface area contributed by atoms with E-state index in [1.165, 1.54) is 36.4 Å². The van der Waals surface area contributed by atoms with E-state index in [9.17, 15) is 25.3 Å². The first kappa shape index (κ1) is 40.2. The summed E-state index contributed by atoms with van der Waals surface area (Å²) in [4.78, 5) is 19.8. The van der Waals surface area contributed by atoms with Crippen molar-refractivity contribution in [3.63, 3.8) is 0 Å². The minimum Gasteiger partial charge on any atom is -0.508 e. The number of ether oxygens (including phenoxy) is 7. The molecule has 15 heteroatoms. The first-order chi connectivity index (χ1) is 25.7. The molecule has 4 aromatic rings. The third kappa shape index (κ3) is 10.6. The summed E-state index contributed by atoms with van der Waals surface area (Å²) in [6, 6.07) is 31.0. The number of aliphatic hydroxyl groups excluding tert-OH is 1. The molecule has 0 aromatic heterocycles. The smallest absolute Gasteiger partial charge is 0.269 e. The zero-order chi connectivity index (χ0) is 37.2. The highest BCUT2D eigenvalue weighted by Gasteiger charge is 2.50. The second-order valence-electron chi connectivity index (χ2n) is 12.6. The summed E-state index contributed by atoms with van der Waals surface area (Å²) in [6.45, 7) is 2.77. The van der Waals surface area contributed by atoms with Crippen LogP contribution in [0.3, 0.4) is 0 Å². The third-order valence-electron chi connectivity index (χ3n) is 8.95. The number of nitrogens with zero attached hydrogens (tertiary/aromatic N) is 2. The number of nitro groups is 2. The second kappa shape index (κ2) is 19.4. The quantitative estimate of drug-likeness (QED) is 0.155. The van der Waals surface area contributed by atoms with E-state index in [0.717, 1.165) is 11.1 Å². The van der Waals surface area contributed by atoms with E-state index in [-0.39, 0.29) is 67.3 Å². The van der Waals surface area contributed by atoms with Crippen LogP contribution in [0.5, 0.6) is 11.5 Å². The standard InChI is InChI=1S/C19H19NO6.C13H16O4.C6H5NO3.CH4/c21-20(22)14-6-8-15(9-7-14)26-17-12-25-18-16(11-24-19(17)18)23-10-13-4-2-1-3-5-13;14-10-7-16-13-11(8-17-12(10)13)15-6-9-4-2-1-3-5-9;8-6-3-1-5(2-4-6)7(9)10;/h1-9,16-19H,10-12H2;1-5,10-14H,6-8H2;1-4,8H;1H4/t16-,17?,18+,19+;10?,11-,12+,13+;;/m00../s1. The second-order valence-corrected chi connectivity index (χ2v) is 12.6. The van der Waals surface area contributed by atoms with Gasteiger partial charge >= 0.3 is 0 Å². The maximum Gasteiger partial charge on any atom is 0.269 e. The number of phenolic OH excluding ortho intramolecular Hbond substituents is 1. The van der Waals surface area contributed by atoms with E-state index in [0.29, 0.717) is 45.4 Å². The summed E-state index contributed by atoms with van der Waals surface area (Å²) in [5.41, 5.74) is 2.25. The molecule has 0 amide bonds. The fourth-order valence-electron chi connectivity index (χ4n) is 6.21. The number of non-ortho nitro benzene ring substituents is 2. The van der Waals surface area contributed by atoms with Crippen LogP contribution in [0, 0.1) is 20.2 Å². The number of aliphatic hydroxyl groups is 1. The lowest BCUT2D eigenvalue weighted by molar-refractivity contribution is -0.385. The molecule has 4 aliphatic rings. The number of rotatable bonds is 10. The largest absolute Gasteiger partial charge is 0.508 e. The van der Waals surface area contributed by atoms with Gasteiger partial charge in [0.05, 0.1) is 49.5 Å². The summed E-state index contributed by atoms with van der Waals surface area (Å²) >= 11 is 0. The lowest BCUT2D eigenvalue weighted by Gasteiger charge is -2.18. The minimum absolute atomic E-state index is 0. The molecule has 2 N–H and O–H groups in total. The molecular formula is C39H44N2O13. The van der Waals surface area contributed by atoms with E-state index >= 15 is 0 Å². The van der Waals surface area contributed by atoms with Crippen molar-refractivity contribution >= 4 is 11.4 Å². The highest BCUT2D eigenvalue weighted by atomic mass is 16.7. The molecule has 2 unspecified atom stereocenters. The van der Waals surface area contributed by atoms with Crippen LogP contribution < -0.4 is 4.74 Å². The molecule has 0 bridgehead atoms. The molecule has 8 atom stereocenters. The average molecular weight is 749 g/mol. The zero-order valence-corrected chi connectivity index (χ0v) is 28.5. The van der Waals surface area contributed by atoms with E-state index in [4.69, 9.17) is 38.3 Å². The summed E-state index contributed by atoms with van der Waals surface area (Å²) in [6.07, 6.45) is -1.67. The normalized spacial score (nSPS) is 26.2. The monoisotopic (exact) mass is 748 g/mol. The minimum atomic E-state index is -0.514. The Balaban J connectivity index is 0.000000172. The van der Waals surface area contributed by atoms with Gasteiger partial charge in [-0.05, 0) is 35.4 Å². The van der Waals surface area contributed by atoms with E-state index in [1.54, 1.807) is 12.1 Å². The molecule has 8 rings (SSSR count). The van der Waals surface area contributed by atoms with Crippen LogP contribution in [-0.4, -0.2) is 95.3 Å². The first-order valence-electron chi connectivity index (χ1n) is 17.0. The summed E-state index contributed by atoms with van der Waals surface area (Å²) in [5, 5.41) is 39.1. The number of phenols is 1. The van der Waals surface area contributed by atoms with Gasteiger partial charge in [-0.15, -0.1) is 0 Å². The Hall–Kier alpha value is -5.00. The Morgan fingerprint density at radius 2 is 0.981 bits per heavy atom. The molecule has 4 saturated heterocycles. The number of aromatic hydroxyl groups is 1. The maximum absolute atomic E-state index is 10.7. The summed E-state index contributed by atoms with van der Waals surface area (Å²) in [5.74, 6) is 0.590. The van der Waals surface area contributed by atoms with Gasteiger partial charge in [-0.1, -0.05) is 68.1 Å². The molecular weight excluding hydrogens is 704 g/mol. The molecule has 4 aliphatic heterocycles. The average Bonchev–Trinajstić information content (AvgIpc) is 3.97. The number of hydrogen-bond donors (Lipinski definition) is 2. The maximum atomic E-state index is 10.7. The van der Waals surface area contributed by atoms with Crippen molar-refractivity contribution in [2.45, 2.75) is 69.5 Å². The Morgan fingerprint density at radius 3 is 1.48 bits per heavy atom. The molecule has 15 nitrogen and oxygen atoms in total. The van der Waals surface area contributed by atoms with Crippen molar-refractivity contribution in [1.29, 1.82) is 0 Å². The Bertz CT molecular complexity index is 1750. The predicted molar refractivity (Wildman–Crippen MR) is 194 cm³/mol. The van der Waals surface area contributed by atoms with Gasteiger partial charge in [0.15, 0.2) is 6.10 Å².